The number of hydrogen-bond acceptors (Lipinski definition) is 6. The average molecular weight is 432 g/mol. The number of benzene rings is 2. The van der Waals surface area contributed by atoms with Gasteiger partial charge in [0, 0.05) is 17.8 Å². The molecule has 0 saturated carbocycles. The van der Waals surface area contributed by atoms with Crippen molar-refractivity contribution in [2.24, 2.45) is 0 Å². The number of carbonyl (C=O) groups excluding carboxylic acids is 1. The third kappa shape index (κ3) is 4.51. The number of fused-ring (bicyclic) bond motifs is 1. The highest BCUT2D eigenvalue weighted by Gasteiger charge is 2.18. The molecule has 4 rings (SSSR count). The summed E-state index contributed by atoms with van der Waals surface area (Å²) in [4.78, 5) is 16.8. The van der Waals surface area contributed by atoms with Gasteiger partial charge in [-0.1, -0.05) is 18.2 Å². The lowest BCUT2D eigenvalue weighted by atomic mass is 10.1. The molecule has 0 aliphatic rings. The Bertz CT molecular complexity index is 1220. The summed E-state index contributed by atoms with van der Waals surface area (Å²) in [5, 5.41) is 3.77. The summed E-state index contributed by atoms with van der Waals surface area (Å²) < 4.78 is 22.4. The Morgan fingerprint density at radius 2 is 1.78 bits per heavy atom. The van der Waals surface area contributed by atoms with E-state index < -0.39 is 0 Å². The zero-order valence-corrected chi connectivity index (χ0v) is 18.1. The first kappa shape index (κ1) is 21.2. The van der Waals surface area contributed by atoms with Gasteiger partial charge in [0.25, 0.3) is 5.91 Å². The van der Waals surface area contributed by atoms with E-state index >= 15 is 0 Å². The van der Waals surface area contributed by atoms with E-state index in [1.54, 1.807) is 38.7 Å². The van der Waals surface area contributed by atoms with Crippen LogP contribution in [0, 0.1) is 0 Å². The maximum Gasteiger partial charge on any atom is 0.287 e. The van der Waals surface area contributed by atoms with Gasteiger partial charge in [0.1, 0.15) is 6.61 Å². The number of carbonyl (C=O) groups is 1. The van der Waals surface area contributed by atoms with E-state index in [-0.39, 0.29) is 17.7 Å². The number of nitrogens with one attached hydrogen (secondary N) is 1. The summed E-state index contributed by atoms with van der Waals surface area (Å²) in [6, 6.07) is 16.3. The van der Waals surface area contributed by atoms with Crippen molar-refractivity contribution in [3.05, 3.63) is 83.9 Å². The highest BCUT2D eigenvalue weighted by molar-refractivity contribution is 5.97. The van der Waals surface area contributed by atoms with Crippen LogP contribution < -0.4 is 19.5 Å². The van der Waals surface area contributed by atoms with Crippen molar-refractivity contribution < 1.29 is 23.4 Å². The maximum absolute atomic E-state index is 12.8. The lowest BCUT2D eigenvalue weighted by molar-refractivity contribution is 0.0914. The molecule has 1 atom stereocenters. The summed E-state index contributed by atoms with van der Waals surface area (Å²) in [7, 11) is 3.15. The summed E-state index contributed by atoms with van der Waals surface area (Å²) >= 11 is 0. The molecule has 0 aliphatic carbocycles. The molecule has 2 aromatic carbocycles. The van der Waals surface area contributed by atoms with Crippen molar-refractivity contribution >= 4 is 16.9 Å². The number of nitrogens with zero attached hydrogens (tertiary/aromatic N) is 1. The van der Waals surface area contributed by atoms with Gasteiger partial charge >= 0.3 is 0 Å². The van der Waals surface area contributed by atoms with Crippen molar-refractivity contribution in [3.8, 4) is 17.2 Å². The van der Waals surface area contributed by atoms with Crippen LogP contribution in [0.15, 0.2) is 71.4 Å². The largest absolute Gasteiger partial charge is 0.493 e. The summed E-state index contributed by atoms with van der Waals surface area (Å²) in [6.07, 6.45) is 3.45. The Labute approximate surface area is 185 Å². The van der Waals surface area contributed by atoms with Gasteiger partial charge in [0.05, 0.1) is 20.3 Å². The van der Waals surface area contributed by atoms with Gasteiger partial charge in [0.15, 0.2) is 28.6 Å². The van der Waals surface area contributed by atoms with E-state index in [1.165, 1.54) is 0 Å². The van der Waals surface area contributed by atoms with Crippen LogP contribution in [0.3, 0.4) is 0 Å². The topological polar surface area (TPSA) is 82.8 Å². The minimum atomic E-state index is -0.312. The lowest BCUT2D eigenvalue weighted by Gasteiger charge is -2.17. The van der Waals surface area contributed by atoms with E-state index in [4.69, 9.17) is 18.6 Å². The van der Waals surface area contributed by atoms with Crippen molar-refractivity contribution in [2.75, 3.05) is 14.2 Å². The fourth-order valence-corrected chi connectivity index (χ4v) is 3.37. The molecular formula is C25H24N2O5. The van der Waals surface area contributed by atoms with Gasteiger partial charge in [-0.2, -0.15) is 0 Å². The number of para-hydroxylation sites is 1. The number of hydrogen-bond donors (Lipinski definition) is 1. The van der Waals surface area contributed by atoms with Gasteiger partial charge in [0.2, 0.25) is 0 Å². The second-order valence-corrected chi connectivity index (χ2v) is 7.24. The lowest BCUT2D eigenvalue weighted by Crippen LogP contribution is -2.26. The Morgan fingerprint density at radius 3 is 2.53 bits per heavy atom. The van der Waals surface area contributed by atoms with Crippen LogP contribution in [-0.4, -0.2) is 25.1 Å². The van der Waals surface area contributed by atoms with Crippen molar-refractivity contribution in [2.45, 2.75) is 19.6 Å². The highest BCUT2D eigenvalue weighted by Crippen LogP contribution is 2.32. The normalized spacial score (nSPS) is 11.7. The molecule has 0 spiro atoms. The predicted octanol–water partition coefficient (Wildman–Crippen LogP) is 4.92. The monoisotopic (exact) mass is 432 g/mol. The fourth-order valence-electron chi connectivity index (χ4n) is 3.37. The molecule has 0 saturated heterocycles. The van der Waals surface area contributed by atoms with Gasteiger partial charge in [-0.25, -0.2) is 0 Å². The number of methoxy groups -OCH3 is 2. The van der Waals surface area contributed by atoms with Gasteiger partial charge in [-0.05, 0) is 54.4 Å². The Kier molecular flexibility index (Phi) is 6.26. The predicted molar refractivity (Wildman–Crippen MR) is 120 cm³/mol. The number of rotatable bonds is 8. The molecule has 2 aromatic heterocycles. The number of amides is 1. The van der Waals surface area contributed by atoms with Crippen LogP contribution in [0.25, 0.3) is 11.0 Å². The van der Waals surface area contributed by atoms with Crippen molar-refractivity contribution in [1.29, 1.82) is 0 Å². The first-order valence-electron chi connectivity index (χ1n) is 10.2. The SMILES string of the molecule is COc1cc(C(C)NC(=O)c2cc3cccc(OC)c3o2)ccc1OCc1ccncc1. The van der Waals surface area contributed by atoms with Crippen LogP contribution >= 0.6 is 0 Å². The molecule has 164 valence electrons. The van der Waals surface area contributed by atoms with Crippen LogP contribution in [0.1, 0.15) is 34.6 Å². The summed E-state index contributed by atoms with van der Waals surface area (Å²) in [5.41, 5.74) is 2.43. The molecule has 1 amide bonds. The Hall–Kier alpha value is -4.00. The van der Waals surface area contributed by atoms with E-state index in [1.807, 2.05) is 49.4 Å². The molecule has 7 nitrogen and oxygen atoms in total. The third-order valence-electron chi connectivity index (χ3n) is 5.13. The quantitative estimate of drug-likeness (QED) is 0.426. The first-order chi connectivity index (χ1) is 15.6. The van der Waals surface area contributed by atoms with Crippen LogP contribution in [0.4, 0.5) is 0 Å². The number of aromatic nitrogens is 1. The molecule has 1 N–H and O–H groups in total. The number of pyridine rings is 1. The minimum absolute atomic E-state index is 0.223. The van der Waals surface area contributed by atoms with E-state index in [0.29, 0.717) is 29.4 Å². The molecule has 0 fully saturated rings. The van der Waals surface area contributed by atoms with Gasteiger partial charge in [-0.3, -0.25) is 9.78 Å². The standard InChI is InChI=1S/C25H24N2O5/c1-16(27-25(28)23-14-19-5-4-6-21(29-2)24(19)32-23)18-7-8-20(22(13-18)30-3)31-15-17-9-11-26-12-10-17/h4-14,16H,15H2,1-3H3,(H,27,28). The van der Waals surface area contributed by atoms with Crippen molar-refractivity contribution in [3.63, 3.8) is 0 Å². The molecule has 32 heavy (non-hydrogen) atoms. The number of ether oxygens (including phenoxy) is 3. The van der Waals surface area contributed by atoms with E-state index in [2.05, 4.69) is 10.3 Å². The Morgan fingerprint density at radius 1 is 1.00 bits per heavy atom. The molecule has 0 radical (unpaired) electrons. The second-order valence-electron chi connectivity index (χ2n) is 7.24. The van der Waals surface area contributed by atoms with E-state index in [0.717, 1.165) is 16.5 Å². The van der Waals surface area contributed by atoms with Gasteiger partial charge in [-0.15, -0.1) is 0 Å². The van der Waals surface area contributed by atoms with Crippen LogP contribution in [-0.2, 0) is 6.61 Å². The summed E-state index contributed by atoms with van der Waals surface area (Å²) in [6.45, 7) is 2.30. The molecule has 4 aromatic rings. The molecular weight excluding hydrogens is 408 g/mol. The molecule has 2 heterocycles. The minimum Gasteiger partial charge on any atom is -0.493 e. The second kappa shape index (κ2) is 9.43. The Balaban J connectivity index is 1.46. The number of furan rings is 1. The zero-order valence-electron chi connectivity index (χ0n) is 18.1. The molecule has 7 heteroatoms. The molecule has 0 aliphatic heterocycles. The smallest absolute Gasteiger partial charge is 0.287 e. The zero-order chi connectivity index (χ0) is 22.5. The third-order valence-corrected chi connectivity index (χ3v) is 5.13. The average Bonchev–Trinajstić information content (AvgIpc) is 3.28. The fraction of sp³-hybridized carbons (Fsp3) is 0.200. The summed E-state index contributed by atoms with van der Waals surface area (Å²) in [5.74, 6) is 1.71. The molecule has 1 unspecified atom stereocenters. The highest BCUT2D eigenvalue weighted by atomic mass is 16.5. The maximum atomic E-state index is 12.8. The van der Waals surface area contributed by atoms with E-state index in [9.17, 15) is 4.79 Å². The molecule has 0 bridgehead atoms. The van der Waals surface area contributed by atoms with Crippen LogP contribution in [0.5, 0.6) is 17.2 Å². The van der Waals surface area contributed by atoms with Crippen molar-refractivity contribution in [1.82, 2.24) is 10.3 Å². The van der Waals surface area contributed by atoms with Gasteiger partial charge < -0.3 is 23.9 Å². The first-order valence-corrected chi connectivity index (χ1v) is 10.2. The van der Waals surface area contributed by atoms with Crippen LogP contribution in [0.2, 0.25) is 0 Å².